The summed E-state index contributed by atoms with van der Waals surface area (Å²) in [6.07, 6.45) is 0. The van der Waals surface area contributed by atoms with Crippen LogP contribution in [0, 0.1) is 5.82 Å². The molecule has 164 valence electrons. The highest BCUT2D eigenvalue weighted by molar-refractivity contribution is 9.10. The number of carbonyl (C=O) groups is 1. The van der Waals surface area contributed by atoms with Crippen LogP contribution in [0.3, 0.4) is 0 Å². The molecule has 0 spiro atoms. The number of carbonyl (C=O) groups excluding carboxylic acids is 1. The first kappa shape index (κ1) is 22.0. The van der Waals surface area contributed by atoms with E-state index in [0.29, 0.717) is 25.6 Å². The maximum Gasteiger partial charge on any atom is 0.249 e. The maximum atomic E-state index is 14.7. The minimum Gasteiger partial charge on any atom is -0.366 e. The maximum absolute atomic E-state index is 14.7. The van der Waals surface area contributed by atoms with Crippen molar-refractivity contribution in [2.24, 2.45) is 5.73 Å². The number of aromatic nitrogens is 1. The third-order valence-corrected chi connectivity index (χ3v) is 6.78. The normalized spacial score (nSPS) is 11.4. The van der Waals surface area contributed by atoms with Crippen LogP contribution in [0.1, 0.15) is 15.9 Å². The van der Waals surface area contributed by atoms with Gasteiger partial charge in [0.25, 0.3) is 0 Å². The molecule has 1 aromatic heterocycles. The molecular weight excluding hydrogens is 526 g/mol. The summed E-state index contributed by atoms with van der Waals surface area (Å²) in [5.41, 5.74) is 9.97. The monoisotopic (exact) mass is 540 g/mol. The van der Waals surface area contributed by atoms with E-state index in [9.17, 15) is 9.18 Å². The molecule has 7 heteroatoms. The van der Waals surface area contributed by atoms with Gasteiger partial charge in [0.2, 0.25) is 5.91 Å². The third kappa shape index (κ3) is 3.90. The lowest BCUT2D eigenvalue weighted by molar-refractivity contribution is 0.100. The summed E-state index contributed by atoms with van der Waals surface area (Å²) in [4.78, 5) is 12.2. The Hall–Kier alpha value is -2.86. The van der Waals surface area contributed by atoms with Gasteiger partial charge in [-0.15, -0.1) is 0 Å². The Labute approximate surface area is 207 Å². The molecule has 0 unspecified atom stereocenters. The number of amides is 1. The fraction of sp³-hybridized carbons (Fsp3) is 0.0385. The standard InChI is InChI=1S/C26H16BrCl2FN2O/c27-16-6-4-15(22(30)11-16)13-32-23-3-1-2-20(26(31)33)25(23)19-8-5-14(10-24(19)32)18-9-7-17(28)12-21(18)29/h1-12H,13H2,(H2,31,33). The van der Waals surface area contributed by atoms with Gasteiger partial charge < -0.3 is 10.3 Å². The molecule has 0 bridgehead atoms. The molecule has 3 nitrogen and oxygen atoms in total. The van der Waals surface area contributed by atoms with Crippen molar-refractivity contribution >= 4 is 66.8 Å². The zero-order chi connectivity index (χ0) is 23.3. The lowest BCUT2D eigenvalue weighted by atomic mass is 10.0. The summed E-state index contributed by atoms with van der Waals surface area (Å²) in [5.74, 6) is -0.832. The van der Waals surface area contributed by atoms with E-state index in [1.807, 2.05) is 34.9 Å². The summed E-state index contributed by atoms with van der Waals surface area (Å²) in [6, 6.07) is 21.6. The van der Waals surface area contributed by atoms with Crippen molar-refractivity contribution in [1.82, 2.24) is 4.57 Å². The van der Waals surface area contributed by atoms with Gasteiger partial charge in [-0.25, -0.2) is 4.39 Å². The first-order valence-electron chi connectivity index (χ1n) is 10.1. The fourth-order valence-corrected chi connectivity index (χ4v) is 5.08. The van der Waals surface area contributed by atoms with Crippen LogP contribution in [0.25, 0.3) is 32.9 Å². The molecule has 0 aliphatic rings. The predicted octanol–water partition coefficient (Wildman–Crippen LogP) is 7.82. The van der Waals surface area contributed by atoms with Crippen molar-refractivity contribution in [3.63, 3.8) is 0 Å². The molecule has 0 saturated heterocycles. The smallest absolute Gasteiger partial charge is 0.249 e. The van der Waals surface area contributed by atoms with Crippen molar-refractivity contribution in [1.29, 1.82) is 0 Å². The Bertz CT molecular complexity index is 1580. The molecule has 4 aromatic carbocycles. The number of benzene rings is 4. The van der Waals surface area contributed by atoms with Gasteiger partial charge in [0.1, 0.15) is 5.82 Å². The van der Waals surface area contributed by atoms with Gasteiger partial charge in [0.05, 0.1) is 17.6 Å². The Morgan fingerprint density at radius 3 is 2.52 bits per heavy atom. The predicted molar refractivity (Wildman–Crippen MR) is 137 cm³/mol. The van der Waals surface area contributed by atoms with Crippen LogP contribution in [-0.2, 0) is 6.54 Å². The van der Waals surface area contributed by atoms with E-state index in [0.717, 1.165) is 32.9 Å². The van der Waals surface area contributed by atoms with E-state index in [1.165, 1.54) is 6.07 Å². The fourth-order valence-electron chi connectivity index (χ4n) is 4.23. The molecule has 5 rings (SSSR count). The van der Waals surface area contributed by atoms with Gasteiger partial charge >= 0.3 is 0 Å². The van der Waals surface area contributed by atoms with E-state index >= 15 is 0 Å². The van der Waals surface area contributed by atoms with E-state index in [-0.39, 0.29) is 12.4 Å². The molecular formula is C26H16BrCl2FN2O. The van der Waals surface area contributed by atoms with Crippen LogP contribution in [0.4, 0.5) is 4.39 Å². The van der Waals surface area contributed by atoms with Crippen LogP contribution in [0.5, 0.6) is 0 Å². The molecule has 1 amide bonds. The lowest BCUT2D eigenvalue weighted by Gasteiger charge is -2.11. The summed E-state index contributed by atoms with van der Waals surface area (Å²) in [6.45, 7) is 0.277. The van der Waals surface area contributed by atoms with E-state index < -0.39 is 5.91 Å². The molecule has 0 atom stereocenters. The van der Waals surface area contributed by atoms with Crippen LogP contribution < -0.4 is 5.73 Å². The number of fused-ring (bicyclic) bond motifs is 3. The van der Waals surface area contributed by atoms with E-state index in [4.69, 9.17) is 28.9 Å². The highest BCUT2D eigenvalue weighted by Crippen LogP contribution is 2.37. The van der Waals surface area contributed by atoms with Crippen LogP contribution >= 0.6 is 39.1 Å². The molecule has 0 aliphatic carbocycles. The van der Waals surface area contributed by atoms with Crippen molar-refractivity contribution in [3.05, 3.63) is 104 Å². The van der Waals surface area contributed by atoms with E-state index in [1.54, 1.807) is 36.4 Å². The third-order valence-electron chi connectivity index (χ3n) is 5.74. The van der Waals surface area contributed by atoms with Gasteiger partial charge in [0, 0.05) is 42.0 Å². The Morgan fingerprint density at radius 1 is 0.970 bits per heavy atom. The molecule has 0 saturated carbocycles. The first-order chi connectivity index (χ1) is 15.8. The minimum atomic E-state index is -0.515. The molecule has 0 aliphatic heterocycles. The lowest BCUT2D eigenvalue weighted by Crippen LogP contribution is -2.11. The van der Waals surface area contributed by atoms with Crippen molar-refractivity contribution in [3.8, 4) is 11.1 Å². The van der Waals surface area contributed by atoms with Gasteiger partial charge in [-0.3, -0.25) is 4.79 Å². The van der Waals surface area contributed by atoms with Crippen molar-refractivity contribution < 1.29 is 9.18 Å². The van der Waals surface area contributed by atoms with Crippen molar-refractivity contribution in [2.45, 2.75) is 6.54 Å². The zero-order valence-electron chi connectivity index (χ0n) is 17.1. The second-order valence-electron chi connectivity index (χ2n) is 7.74. The topological polar surface area (TPSA) is 48.0 Å². The second kappa shape index (κ2) is 8.49. The minimum absolute atomic E-state index is 0.277. The van der Waals surface area contributed by atoms with Gasteiger partial charge in [-0.2, -0.15) is 0 Å². The highest BCUT2D eigenvalue weighted by atomic mass is 79.9. The molecule has 5 aromatic rings. The Balaban J connectivity index is 1.81. The average Bonchev–Trinajstić information content (AvgIpc) is 3.08. The summed E-state index contributed by atoms with van der Waals surface area (Å²) >= 11 is 15.8. The number of halogens is 4. The number of hydrogen-bond donors (Lipinski definition) is 1. The largest absolute Gasteiger partial charge is 0.366 e. The van der Waals surface area contributed by atoms with Gasteiger partial charge in [-0.05, 0) is 48.0 Å². The first-order valence-corrected chi connectivity index (χ1v) is 11.6. The van der Waals surface area contributed by atoms with Crippen LogP contribution in [0.15, 0.2) is 77.3 Å². The average molecular weight is 542 g/mol. The molecule has 1 heterocycles. The summed E-state index contributed by atoms with van der Waals surface area (Å²) < 4.78 is 17.4. The molecule has 33 heavy (non-hydrogen) atoms. The van der Waals surface area contributed by atoms with Crippen molar-refractivity contribution in [2.75, 3.05) is 0 Å². The van der Waals surface area contributed by atoms with Crippen LogP contribution in [0.2, 0.25) is 10.0 Å². The quantitative estimate of drug-likeness (QED) is 0.248. The Morgan fingerprint density at radius 2 is 1.79 bits per heavy atom. The molecule has 0 fully saturated rings. The number of rotatable bonds is 4. The van der Waals surface area contributed by atoms with Crippen LogP contribution in [-0.4, -0.2) is 10.5 Å². The number of nitrogens with zero attached hydrogens (tertiary/aromatic N) is 1. The Kier molecular flexibility index (Phi) is 5.65. The highest BCUT2D eigenvalue weighted by Gasteiger charge is 2.18. The van der Waals surface area contributed by atoms with E-state index in [2.05, 4.69) is 15.9 Å². The molecule has 0 radical (unpaired) electrons. The van der Waals surface area contributed by atoms with Gasteiger partial charge in [0.15, 0.2) is 0 Å². The molecule has 2 N–H and O–H groups in total. The summed E-state index contributed by atoms with van der Waals surface area (Å²) in [5, 5.41) is 2.68. The number of hydrogen-bond acceptors (Lipinski definition) is 1. The van der Waals surface area contributed by atoms with Gasteiger partial charge in [-0.1, -0.05) is 69.5 Å². The zero-order valence-corrected chi connectivity index (χ0v) is 20.2. The number of primary amides is 1. The number of nitrogens with two attached hydrogens (primary N) is 1. The SMILES string of the molecule is NC(=O)c1cccc2c1c1ccc(-c3ccc(Cl)cc3Cl)cc1n2Cc1ccc(Br)cc1F. The second-order valence-corrected chi connectivity index (χ2v) is 9.50. The summed E-state index contributed by atoms with van der Waals surface area (Å²) in [7, 11) is 0.